The molecule has 0 saturated carbocycles. The van der Waals surface area contributed by atoms with E-state index in [-0.39, 0.29) is 19.3 Å². The van der Waals surface area contributed by atoms with E-state index in [1.54, 1.807) is 0 Å². The predicted octanol–water partition coefficient (Wildman–Crippen LogP) is 27.2. The van der Waals surface area contributed by atoms with Gasteiger partial charge in [-0.05, 0) is 167 Å². The van der Waals surface area contributed by atoms with Crippen molar-refractivity contribution in [3.8, 4) is 0 Å². The van der Waals surface area contributed by atoms with Gasteiger partial charge in [0.25, 0.3) is 0 Å². The number of carbonyl (C=O) groups excluding carboxylic acids is 3. The molecule has 5 atom stereocenters. The van der Waals surface area contributed by atoms with Gasteiger partial charge in [0.15, 0.2) is 6.10 Å². The summed E-state index contributed by atoms with van der Waals surface area (Å²) in [4.78, 5) is 58.9. The molecule has 652 valence electrons. The van der Waals surface area contributed by atoms with Crippen LogP contribution >= 0.6 is 15.6 Å². The molecule has 0 radical (unpaired) electrons. The topological polar surface area (TPSA) is 231 Å². The lowest BCUT2D eigenvalue weighted by molar-refractivity contribution is -0.161. The molecule has 115 heavy (non-hydrogen) atoms. The van der Waals surface area contributed by atoms with Crippen molar-refractivity contribution in [1.82, 2.24) is 0 Å². The van der Waals surface area contributed by atoms with Gasteiger partial charge in [0.1, 0.15) is 25.4 Å². The van der Waals surface area contributed by atoms with Crippen LogP contribution in [0.4, 0.5) is 0 Å². The maximum atomic E-state index is 13.0. The predicted molar refractivity (Wildman–Crippen MR) is 481 cm³/mol. The third kappa shape index (κ3) is 88.8. The highest BCUT2D eigenvalue weighted by molar-refractivity contribution is 7.47. The van der Waals surface area contributed by atoms with Gasteiger partial charge in [-0.1, -0.05) is 349 Å². The Labute approximate surface area is 699 Å². The van der Waals surface area contributed by atoms with E-state index < -0.39 is 91.5 Å². The first-order valence-corrected chi connectivity index (χ1v) is 47.4. The van der Waals surface area contributed by atoms with Crippen molar-refractivity contribution < 1.29 is 75.8 Å². The summed E-state index contributed by atoms with van der Waals surface area (Å²) in [5.74, 6) is -1.64. The molecule has 0 rings (SSSR count). The van der Waals surface area contributed by atoms with Crippen LogP contribution in [0.15, 0.2) is 207 Å². The zero-order valence-electron chi connectivity index (χ0n) is 71.6. The minimum Gasteiger partial charge on any atom is -0.463 e. The summed E-state index contributed by atoms with van der Waals surface area (Å²) in [7, 11) is -9.83. The summed E-state index contributed by atoms with van der Waals surface area (Å²) in [5, 5.41) is 20.7. The number of phosphoric ester groups is 2. The minimum absolute atomic E-state index is 0.0543. The van der Waals surface area contributed by atoms with Crippen molar-refractivity contribution in [2.75, 3.05) is 39.6 Å². The molecule has 0 heterocycles. The molecule has 0 spiro atoms. The fourth-order valence-electron chi connectivity index (χ4n) is 11.4. The number of rotatable bonds is 82. The molecule has 0 bridgehead atoms. The van der Waals surface area contributed by atoms with Crippen LogP contribution in [0.5, 0.6) is 0 Å². The Morgan fingerprint density at radius 2 is 0.435 bits per heavy atom. The molecular weight excluding hydrogens is 1480 g/mol. The molecule has 0 aromatic heterocycles. The van der Waals surface area contributed by atoms with Crippen molar-refractivity contribution in [1.29, 1.82) is 0 Å². The van der Waals surface area contributed by atoms with E-state index in [2.05, 4.69) is 227 Å². The van der Waals surface area contributed by atoms with Gasteiger partial charge >= 0.3 is 33.6 Å². The van der Waals surface area contributed by atoms with E-state index in [0.29, 0.717) is 19.3 Å². The second kappa shape index (κ2) is 87.4. The Morgan fingerprint density at radius 1 is 0.243 bits per heavy atom. The number of aliphatic hydroxyl groups is 2. The molecular formula is C97H158O16P2. The number of carbonyl (C=O) groups is 3. The van der Waals surface area contributed by atoms with Crippen molar-refractivity contribution in [3.63, 3.8) is 0 Å². The number of phosphoric acid groups is 2. The fraction of sp³-hybridized carbons (Fsp3) is 0.619. The van der Waals surface area contributed by atoms with Crippen molar-refractivity contribution >= 4 is 33.6 Å². The Bertz CT molecular complexity index is 2920. The molecule has 5 unspecified atom stereocenters. The molecule has 0 aliphatic heterocycles. The van der Waals surface area contributed by atoms with E-state index >= 15 is 0 Å². The van der Waals surface area contributed by atoms with Gasteiger partial charge in [0.05, 0.1) is 26.4 Å². The van der Waals surface area contributed by atoms with Gasteiger partial charge in [0.2, 0.25) is 0 Å². The zero-order chi connectivity index (χ0) is 83.6. The number of hydrogen-bond acceptors (Lipinski definition) is 14. The largest absolute Gasteiger partial charge is 0.472 e. The number of hydrogen-bond donors (Lipinski definition) is 4. The van der Waals surface area contributed by atoms with Gasteiger partial charge < -0.3 is 34.2 Å². The van der Waals surface area contributed by atoms with Crippen molar-refractivity contribution in [2.45, 2.75) is 347 Å². The number of unbranched alkanes of at least 4 members (excludes halogenated alkanes) is 25. The standard InChI is InChI=1S/C97H158O16P2/c1-4-7-10-13-16-19-22-25-28-31-34-36-38-40-41-42-43-44-45-46-47-48-49-51-53-54-57-59-62-65-68-71-74-77-80-83-95(100)107-86-92(98)87-109-114(103,104)110-88-93(99)89-111-115(105,106)112-91-94(113-97(102)85-82-79-76-73-70-67-64-61-56-33-30-27-24-21-18-15-12-9-6-3)90-108-96(101)84-81-78-75-72-69-66-63-60-58-55-52-50-39-37-35-32-29-26-23-20-17-14-11-8-5-2/h7-12,16-21,25-30,34-37,40-41,43-44,50,52,56,58,60-61,67,70,92-94,98-99H,4-6,13-15,22-24,31-33,38-39,42,45-49,51,53-55,57,59,62-66,68-69,71-91H2,1-3H3,(H,103,104)(H,105,106)/b10-7-,11-8-,12-9-,19-16-,20-17-,21-18-,28-25-,29-26-,30-27-,36-34-,37-35-,41-40-,44-43-,52-50-,60-58-,61-56-,70-67-. The summed E-state index contributed by atoms with van der Waals surface area (Å²) in [6.07, 6.45) is 117. The van der Waals surface area contributed by atoms with Crippen molar-refractivity contribution in [2.24, 2.45) is 0 Å². The van der Waals surface area contributed by atoms with Crippen LogP contribution in [0.2, 0.25) is 0 Å². The van der Waals surface area contributed by atoms with Crippen LogP contribution in [-0.2, 0) is 55.8 Å². The first kappa shape index (κ1) is 109. The Balaban J connectivity index is 4.57. The highest BCUT2D eigenvalue weighted by atomic mass is 31.2. The summed E-state index contributed by atoms with van der Waals surface area (Å²) in [6.45, 7) is 2.28. The van der Waals surface area contributed by atoms with E-state index in [4.69, 9.17) is 32.3 Å². The second-order valence-electron chi connectivity index (χ2n) is 28.9. The SMILES string of the molecule is CC/C=C\C/C=C\C/C=C\C/C=C\C/C=C\C/C=C\CCCCCCCCCCCCCCCCCCC(=O)OCC(O)COP(=O)(O)OCC(O)COP(=O)(O)OCC(COC(=O)CCCCCCCC/C=C\C/C=C\C/C=C\C/C=C\C/C=C\C/C=C\CC)OC(=O)CCCCC/C=C\C/C=C\C/C=C\C/C=C\C/C=C\CC. The number of ether oxygens (including phenoxy) is 3. The lowest BCUT2D eigenvalue weighted by Crippen LogP contribution is -2.30. The van der Waals surface area contributed by atoms with Crippen LogP contribution in [0, 0.1) is 0 Å². The minimum atomic E-state index is -4.96. The Morgan fingerprint density at radius 3 is 0.696 bits per heavy atom. The summed E-state index contributed by atoms with van der Waals surface area (Å²) >= 11 is 0. The van der Waals surface area contributed by atoms with Crippen LogP contribution in [0.3, 0.4) is 0 Å². The average molecular weight is 1640 g/mol. The first-order valence-electron chi connectivity index (χ1n) is 44.4. The summed E-state index contributed by atoms with van der Waals surface area (Å²) in [6, 6.07) is 0. The van der Waals surface area contributed by atoms with E-state index in [0.717, 1.165) is 186 Å². The fourth-order valence-corrected chi connectivity index (χ4v) is 13.0. The Hall–Kier alpha value is -5.87. The molecule has 18 heteroatoms. The highest BCUT2D eigenvalue weighted by Crippen LogP contribution is 2.45. The van der Waals surface area contributed by atoms with Crippen LogP contribution in [-0.4, -0.2) is 95.9 Å². The number of allylic oxidation sites excluding steroid dienone is 34. The molecule has 0 amide bonds. The molecule has 0 aromatic carbocycles. The molecule has 0 aliphatic rings. The molecule has 0 fully saturated rings. The first-order chi connectivity index (χ1) is 56.2. The monoisotopic (exact) mass is 1640 g/mol. The lowest BCUT2D eigenvalue weighted by Gasteiger charge is -2.21. The van der Waals surface area contributed by atoms with Crippen LogP contribution in [0.25, 0.3) is 0 Å². The Kier molecular flexibility index (Phi) is 83.0. The zero-order valence-corrected chi connectivity index (χ0v) is 73.4. The van der Waals surface area contributed by atoms with Gasteiger partial charge in [-0.3, -0.25) is 32.5 Å². The smallest absolute Gasteiger partial charge is 0.463 e. The highest BCUT2D eigenvalue weighted by Gasteiger charge is 2.29. The number of esters is 3. The van der Waals surface area contributed by atoms with E-state index in [9.17, 15) is 43.5 Å². The lowest BCUT2D eigenvalue weighted by atomic mass is 10.0. The molecule has 4 N–H and O–H groups in total. The molecule has 0 aromatic rings. The number of aliphatic hydroxyl groups excluding tert-OH is 2. The van der Waals surface area contributed by atoms with E-state index in [1.165, 1.54) is 83.5 Å². The van der Waals surface area contributed by atoms with Crippen LogP contribution in [0.1, 0.15) is 329 Å². The third-order valence-electron chi connectivity index (χ3n) is 18.0. The third-order valence-corrected chi connectivity index (χ3v) is 19.9. The normalized spacial score (nSPS) is 14.8. The summed E-state index contributed by atoms with van der Waals surface area (Å²) < 4.78 is 61.3. The van der Waals surface area contributed by atoms with Gasteiger partial charge in [-0.25, -0.2) is 9.13 Å². The maximum absolute atomic E-state index is 13.0. The van der Waals surface area contributed by atoms with Gasteiger partial charge in [-0.15, -0.1) is 0 Å². The maximum Gasteiger partial charge on any atom is 0.472 e. The summed E-state index contributed by atoms with van der Waals surface area (Å²) in [5.41, 5.74) is 0. The average Bonchev–Trinajstić information content (AvgIpc) is 0.902. The van der Waals surface area contributed by atoms with Crippen LogP contribution < -0.4 is 0 Å². The second-order valence-corrected chi connectivity index (χ2v) is 31.8. The quantitative estimate of drug-likeness (QED) is 0.0146. The molecule has 0 aliphatic carbocycles. The molecule has 16 nitrogen and oxygen atoms in total. The van der Waals surface area contributed by atoms with Gasteiger partial charge in [0, 0.05) is 19.3 Å². The molecule has 0 saturated heterocycles. The van der Waals surface area contributed by atoms with E-state index in [1.807, 2.05) is 0 Å². The van der Waals surface area contributed by atoms with Gasteiger partial charge in [-0.2, -0.15) is 0 Å². The van der Waals surface area contributed by atoms with Crippen molar-refractivity contribution in [3.05, 3.63) is 207 Å².